The van der Waals surface area contributed by atoms with Gasteiger partial charge in [0.2, 0.25) is 5.91 Å². The molecule has 30 heavy (non-hydrogen) atoms. The molecule has 1 atom stereocenters. The number of hydrogen-bond acceptors (Lipinski definition) is 5. The number of nitrogens with zero attached hydrogens (tertiary/aromatic N) is 4. The number of carbonyl (C=O) groups excluding carboxylic acids is 2. The first-order valence-corrected chi connectivity index (χ1v) is 11.7. The fourth-order valence-corrected chi connectivity index (χ4v) is 5.29. The summed E-state index contributed by atoms with van der Waals surface area (Å²) in [6, 6.07) is 4.39. The largest absolute Gasteiger partial charge is 0.338 e. The van der Waals surface area contributed by atoms with Crippen LogP contribution < -0.4 is 0 Å². The topological polar surface area (TPSA) is 56.8 Å². The van der Waals surface area contributed by atoms with E-state index in [1.807, 2.05) is 11.8 Å². The van der Waals surface area contributed by atoms with Crippen LogP contribution in [0.15, 0.2) is 23.6 Å². The summed E-state index contributed by atoms with van der Waals surface area (Å²) in [4.78, 5) is 36.6. The molecular weight excluding hydrogens is 443 g/mol. The van der Waals surface area contributed by atoms with E-state index < -0.39 is 6.04 Å². The van der Waals surface area contributed by atoms with Crippen LogP contribution in [0.1, 0.15) is 33.9 Å². The Kier molecular flexibility index (Phi) is 6.63. The number of rotatable bonds is 4. The lowest BCUT2D eigenvalue weighted by atomic mass is 10.1. The minimum absolute atomic E-state index is 0.0399. The third-order valence-corrected chi connectivity index (χ3v) is 6.90. The third-order valence-electron chi connectivity index (χ3n) is 5.64. The molecule has 0 saturated carbocycles. The van der Waals surface area contributed by atoms with Gasteiger partial charge >= 0.3 is 0 Å². The molecule has 0 bridgehead atoms. The molecular formula is C21H24Cl2N4O2S. The molecule has 6 nitrogen and oxygen atoms in total. The first-order valence-electron chi connectivity index (χ1n) is 10.1. The van der Waals surface area contributed by atoms with Crippen LogP contribution in [0.2, 0.25) is 10.0 Å². The highest BCUT2D eigenvalue weighted by Crippen LogP contribution is 2.26. The average molecular weight is 467 g/mol. The normalized spacial score (nSPS) is 20.0. The Morgan fingerprint density at radius 1 is 1.10 bits per heavy atom. The van der Waals surface area contributed by atoms with E-state index in [9.17, 15) is 9.59 Å². The van der Waals surface area contributed by atoms with Crippen molar-refractivity contribution < 1.29 is 9.59 Å². The highest BCUT2D eigenvalue weighted by atomic mass is 35.5. The van der Waals surface area contributed by atoms with Crippen LogP contribution in [0.25, 0.3) is 0 Å². The summed E-state index contributed by atoms with van der Waals surface area (Å²) in [5, 5.41) is 4.00. The van der Waals surface area contributed by atoms with Crippen molar-refractivity contribution in [2.75, 3.05) is 32.7 Å². The zero-order valence-corrected chi connectivity index (χ0v) is 19.1. The highest BCUT2D eigenvalue weighted by molar-refractivity contribution is 7.09. The van der Waals surface area contributed by atoms with Gasteiger partial charge in [0.1, 0.15) is 6.04 Å². The van der Waals surface area contributed by atoms with Crippen LogP contribution in [-0.2, 0) is 11.3 Å². The predicted octanol–water partition coefficient (Wildman–Crippen LogP) is 3.71. The molecule has 4 rings (SSSR count). The molecule has 0 aliphatic carbocycles. The van der Waals surface area contributed by atoms with Gasteiger partial charge < -0.3 is 9.80 Å². The summed E-state index contributed by atoms with van der Waals surface area (Å²) in [7, 11) is 0. The van der Waals surface area contributed by atoms with Gasteiger partial charge in [-0.25, -0.2) is 4.98 Å². The minimum atomic E-state index is -0.414. The van der Waals surface area contributed by atoms with Gasteiger partial charge in [0.15, 0.2) is 0 Å². The maximum absolute atomic E-state index is 13.2. The number of halogens is 2. The van der Waals surface area contributed by atoms with Crippen LogP contribution in [0.5, 0.6) is 0 Å². The SMILES string of the molecule is Cc1nc(CN2CCN(C(=O)C3CCCN3C(=O)c3cc(Cl)cc(Cl)c3)CC2)cs1. The van der Waals surface area contributed by atoms with Crippen LogP contribution >= 0.6 is 34.5 Å². The van der Waals surface area contributed by atoms with E-state index in [2.05, 4.69) is 15.3 Å². The number of hydrogen-bond donors (Lipinski definition) is 0. The monoisotopic (exact) mass is 466 g/mol. The quantitative estimate of drug-likeness (QED) is 0.688. The molecule has 0 spiro atoms. The molecule has 3 heterocycles. The van der Waals surface area contributed by atoms with E-state index in [0.717, 1.165) is 36.8 Å². The van der Waals surface area contributed by atoms with E-state index in [-0.39, 0.29) is 11.8 Å². The molecule has 2 aliphatic rings. The number of aromatic nitrogens is 1. The van der Waals surface area contributed by atoms with Crippen LogP contribution in [0.4, 0.5) is 0 Å². The Labute approximate surface area is 190 Å². The highest BCUT2D eigenvalue weighted by Gasteiger charge is 2.37. The van der Waals surface area contributed by atoms with E-state index in [0.29, 0.717) is 41.7 Å². The number of carbonyl (C=O) groups is 2. The molecule has 1 unspecified atom stereocenters. The summed E-state index contributed by atoms with van der Waals surface area (Å²) in [6.07, 6.45) is 1.51. The van der Waals surface area contributed by atoms with E-state index in [1.165, 1.54) is 0 Å². The summed E-state index contributed by atoms with van der Waals surface area (Å²) < 4.78 is 0. The summed E-state index contributed by atoms with van der Waals surface area (Å²) in [5.74, 6) is -0.147. The maximum Gasteiger partial charge on any atom is 0.254 e. The van der Waals surface area contributed by atoms with Crippen molar-refractivity contribution in [2.24, 2.45) is 0 Å². The molecule has 9 heteroatoms. The molecule has 0 radical (unpaired) electrons. The molecule has 160 valence electrons. The van der Waals surface area contributed by atoms with Crippen molar-refractivity contribution in [3.8, 4) is 0 Å². The standard InChI is InChI=1S/C21H24Cl2N4O2S/c1-14-24-18(13-30-14)12-25-5-7-26(8-6-25)21(29)19-3-2-4-27(19)20(28)15-9-16(22)11-17(23)10-15/h9-11,13,19H,2-8,12H2,1H3. The van der Waals surface area contributed by atoms with Gasteiger partial charge in [-0.3, -0.25) is 14.5 Å². The second-order valence-electron chi connectivity index (χ2n) is 7.77. The van der Waals surface area contributed by atoms with Gasteiger partial charge in [0.05, 0.1) is 10.7 Å². The van der Waals surface area contributed by atoms with Gasteiger partial charge in [-0.1, -0.05) is 23.2 Å². The van der Waals surface area contributed by atoms with E-state index in [4.69, 9.17) is 23.2 Å². The molecule has 1 aromatic carbocycles. The number of thiazole rings is 1. The first-order chi connectivity index (χ1) is 14.4. The molecule has 0 N–H and O–H groups in total. The summed E-state index contributed by atoms with van der Waals surface area (Å²) >= 11 is 13.8. The molecule has 2 amide bonds. The Morgan fingerprint density at radius 3 is 2.43 bits per heavy atom. The molecule has 1 aromatic heterocycles. The van der Waals surface area contributed by atoms with Crippen molar-refractivity contribution in [1.82, 2.24) is 19.7 Å². The van der Waals surface area contributed by atoms with Gasteiger partial charge in [-0.05, 0) is 38.0 Å². The number of likely N-dealkylation sites (tertiary alicyclic amines) is 1. The van der Waals surface area contributed by atoms with Crippen molar-refractivity contribution in [1.29, 1.82) is 0 Å². The van der Waals surface area contributed by atoms with Crippen molar-refractivity contribution in [3.63, 3.8) is 0 Å². The van der Waals surface area contributed by atoms with Crippen LogP contribution in [0.3, 0.4) is 0 Å². The molecule has 2 aromatic rings. The van der Waals surface area contributed by atoms with Crippen LogP contribution in [-0.4, -0.2) is 70.3 Å². The van der Waals surface area contributed by atoms with Gasteiger partial charge in [0.25, 0.3) is 5.91 Å². The zero-order valence-electron chi connectivity index (χ0n) is 16.8. The Hall–Kier alpha value is -1.67. The van der Waals surface area contributed by atoms with Gasteiger partial charge in [-0.2, -0.15) is 0 Å². The molecule has 2 saturated heterocycles. The van der Waals surface area contributed by atoms with E-state index >= 15 is 0 Å². The fourth-order valence-electron chi connectivity index (χ4n) is 4.16. The molecule has 2 aliphatic heterocycles. The average Bonchev–Trinajstić information content (AvgIpc) is 3.36. The minimum Gasteiger partial charge on any atom is -0.338 e. The maximum atomic E-state index is 13.2. The predicted molar refractivity (Wildman–Crippen MR) is 119 cm³/mol. The lowest BCUT2D eigenvalue weighted by Gasteiger charge is -2.37. The van der Waals surface area contributed by atoms with E-state index in [1.54, 1.807) is 34.4 Å². The van der Waals surface area contributed by atoms with Gasteiger partial charge in [-0.15, -0.1) is 11.3 Å². The number of amides is 2. The third kappa shape index (κ3) is 4.80. The van der Waals surface area contributed by atoms with Crippen molar-refractivity contribution >= 4 is 46.4 Å². The Balaban J connectivity index is 1.37. The lowest BCUT2D eigenvalue weighted by molar-refractivity contribution is -0.137. The molecule has 2 fully saturated rings. The fraction of sp³-hybridized carbons (Fsp3) is 0.476. The van der Waals surface area contributed by atoms with Crippen molar-refractivity contribution in [3.05, 3.63) is 49.9 Å². The number of piperazine rings is 1. The Morgan fingerprint density at radius 2 is 1.80 bits per heavy atom. The summed E-state index contributed by atoms with van der Waals surface area (Å²) in [6.45, 7) is 6.36. The first kappa shape index (κ1) is 21.6. The van der Waals surface area contributed by atoms with Crippen molar-refractivity contribution in [2.45, 2.75) is 32.4 Å². The van der Waals surface area contributed by atoms with Crippen LogP contribution in [0, 0.1) is 6.92 Å². The van der Waals surface area contributed by atoms with Gasteiger partial charge in [0, 0.05) is 60.3 Å². The second kappa shape index (κ2) is 9.22. The zero-order chi connectivity index (χ0) is 21.3. The lowest BCUT2D eigenvalue weighted by Crippen LogP contribution is -2.54. The number of aryl methyl sites for hydroxylation is 1. The Bertz CT molecular complexity index is 923. The second-order valence-corrected chi connectivity index (χ2v) is 9.71. The number of benzene rings is 1. The smallest absolute Gasteiger partial charge is 0.254 e. The summed E-state index contributed by atoms with van der Waals surface area (Å²) in [5.41, 5.74) is 1.51.